The second kappa shape index (κ2) is 7.12. The van der Waals surface area contributed by atoms with Gasteiger partial charge >= 0.3 is 6.03 Å². The largest absolute Gasteiger partial charge is 0.324 e. The van der Waals surface area contributed by atoms with E-state index in [0.717, 1.165) is 11.3 Å². The maximum atomic E-state index is 12.5. The number of piperidine rings is 1. The summed E-state index contributed by atoms with van der Waals surface area (Å²) in [6, 6.07) is 11.9. The van der Waals surface area contributed by atoms with E-state index in [1.165, 1.54) is 24.3 Å². The number of sulfonamides is 1. The number of hydrogen-bond donors (Lipinski definition) is 2. The highest BCUT2D eigenvalue weighted by Crippen LogP contribution is 2.46. The molecule has 9 nitrogen and oxygen atoms in total. The molecule has 1 aliphatic carbocycles. The van der Waals surface area contributed by atoms with Gasteiger partial charge in [0.25, 0.3) is 5.69 Å². The van der Waals surface area contributed by atoms with E-state index in [2.05, 4.69) is 10.0 Å². The molecule has 29 heavy (non-hydrogen) atoms. The van der Waals surface area contributed by atoms with E-state index < -0.39 is 14.9 Å². The third-order valence-corrected chi connectivity index (χ3v) is 6.91. The minimum Gasteiger partial charge on any atom is -0.324 e. The molecule has 2 fully saturated rings. The number of likely N-dealkylation sites (tertiary alicyclic amines) is 1. The molecule has 10 heteroatoms. The number of fused-ring (bicyclic) bond motifs is 1. The number of non-ortho nitro benzene ring substituents is 1. The lowest BCUT2D eigenvalue weighted by atomic mass is 10.2. The van der Waals surface area contributed by atoms with Gasteiger partial charge in [-0.1, -0.05) is 17.7 Å². The molecule has 1 heterocycles. The van der Waals surface area contributed by atoms with E-state index in [0.29, 0.717) is 13.1 Å². The fourth-order valence-electron chi connectivity index (χ4n) is 3.70. The zero-order valence-corrected chi connectivity index (χ0v) is 16.4. The van der Waals surface area contributed by atoms with Gasteiger partial charge in [0.05, 0.1) is 9.82 Å². The summed E-state index contributed by atoms with van der Waals surface area (Å²) in [6.07, 6.45) is 0. The highest BCUT2D eigenvalue weighted by atomic mass is 32.2. The second-order valence-electron chi connectivity index (χ2n) is 7.43. The number of rotatable bonds is 5. The van der Waals surface area contributed by atoms with E-state index in [1.54, 1.807) is 4.90 Å². The number of carbonyl (C=O) groups is 1. The Kier molecular flexibility index (Phi) is 4.75. The molecule has 3 atom stereocenters. The number of nitrogens with zero attached hydrogens (tertiary/aromatic N) is 2. The number of anilines is 1. The van der Waals surface area contributed by atoms with Crippen molar-refractivity contribution in [3.05, 3.63) is 64.2 Å². The van der Waals surface area contributed by atoms with Crippen LogP contribution < -0.4 is 10.0 Å². The van der Waals surface area contributed by atoms with Crippen LogP contribution in [0.3, 0.4) is 0 Å². The summed E-state index contributed by atoms with van der Waals surface area (Å²) in [6.45, 7) is 2.93. The van der Waals surface area contributed by atoms with Gasteiger partial charge in [-0.2, -0.15) is 0 Å². The summed E-state index contributed by atoms with van der Waals surface area (Å²) >= 11 is 0. The fraction of sp³-hybridized carbons (Fsp3) is 0.316. The molecule has 4 rings (SSSR count). The van der Waals surface area contributed by atoms with Gasteiger partial charge in [-0.3, -0.25) is 10.1 Å². The number of hydrogen-bond acceptors (Lipinski definition) is 5. The summed E-state index contributed by atoms with van der Waals surface area (Å²) in [5.41, 5.74) is 1.66. The van der Waals surface area contributed by atoms with Gasteiger partial charge in [0.2, 0.25) is 10.0 Å². The predicted molar refractivity (Wildman–Crippen MR) is 106 cm³/mol. The lowest BCUT2D eigenvalue weighted by molar-refractivity contribution is -0.384. The number of nitro groups is 1. The Morgan fingerprint density at radius 1 is 1.07 bits per heavy atom. The van der Waals surface area contributed by atoms with E-state index in [1.807, 2.05) is 31.2 Å². The van der Waals surface area contributed by atoms with Gasteiger partial charge < -0.3 is 10.2 Å². The van der Waals surface area contributed by atoms with Crippen molar-refractivity contribution in [2.45, 2.75) is 17.9 Å². The zero-order valence-electron chi connectivity index (χ0n) is 15.6. The zero-order chi connectivity index (χ0) is 20.8. The molecule has 2 aromatic rings. The Bertz CT molecular complexity index is 1040. The highest BCUT2D eigenvalue weighted by Gasteiger charge is 2.58. The molecule has 1 aliphatic heterocycles. The maximum absolute atomic E-state index is 12.5. The van der Waals surface area contributed by atoms with E-state index in [9.17, 15) is 23.3 Å². The predicted octanol–water partition coefficient (Wildman–Crippen LogP) is 2.34. The van der Waals surface area contributed by atoms with Gasteiger partial charge in [-0.25, -0.2) is 17.9 Å². The lowest BCUT2D eigenvalue weighted by Gasteiger charge is -2.21. The molecule has 0 radical (unpaired) electrons. The molecule has 2 amide bonds. The van der Waals surface area contributed by atoms with E-state index in [4.69, 9.17) is 0 Å². The van der Waals surface area contributed by atoms with Gasteiger partial charge in [-0.05, 0) is 43.0 Å². The van der Waals surface area contributed by atoms with Crippen LogP contribution in [0.4, 0.5) is 16.2 Å². The number of benzene rings is 2. The van der Waals surface area contributed by atoms with E-state index in [-0.39, 0.29) is 34.5 Å². The van der Waals surface area contributed by atoms with Crippen LogP contribution in [-0.4, -0.2) is 43.4 Å². The number of nitrogens with one attached hydrogen (secondary N) is 2. The average molecular weight is 416 g/mol. The highest BCUT2D eigenvalue weighted by molar-refractivity contribution is 7.89. The Balaban J connectivity index is 1.32. The molecule has 0 aromatic heterocycles. The summed E-state index contributed by atoms with van der Waals surface area (Å²) in [5, 5.41) is 13.6. The number of urea groups is 1. The lowest BCUT2D eigenvalue weighted by Crippen LogP contribution is -2.39. The van der Waals surface area contributed by atoms with Crippen LogP contribution >= 0.6 is 0 Å². The van der Waals surface area contributed by atoms with Gasteiger partial charge in [0.1, 0.15) is 0 Å². The molecule has 1 saturated heterocycles. The van der Waals surface area contributed by atoms with Crippen molar-refractivity contribution < 1.29 is 18.1 Å². The Hall–Kier alpha value is -2.98. The van der Waals surface area contributed by atoms with Crippen molar-refractivity contribution in [2.75, 3.05) is 18.4 Å². The van der Waals surface area contributed by atoms with Crippen LogP contribution in [0.2, 0.25) is 0 Å². The number of nitro benzene ring substituents is 1. The number of carbonyl (C=O) groups excluding carboxylic acids is 1. The molecule has 2 N–H and O–H groups in total. The summed E-state index contributed by atoms with van der Waals surface area (Å²) in [7, 11) is -3.76. The number of aryl methyl sites for hydroxylation is 1. The third-order valence-electron chi connectivity index (χ3n) is 5.43. The van der Waals surface area contributed by atoms with Crippen molar-refractivity contribution in [3.8, 4) is 0 Å². The first-order valence-electron chi connectivity index (χ1n) is 9.14. The average Bonchev–Trinajstić information content (AvgIpc) is 3.11. The van der Waals surface area contributed by atoms with Crippen LogP contribution in [0.15, 0.2) is 53.4 Å². The standard InChI is InChI=1S/C19H20N4O5S/c1-12-2-4-13(5-3-12)20-19(24)22-10-16-17(11-22)18(16)21-29(27,28)15-8-6-14(7-9-15)23(25)26/h2-9,16-18,21H,10-11H2,1H3,(H,20,24)/t16-,17+,18+. The van der Waals surface area contributed by atoms with Crippen LogP contribution in [0.5, 0.6) is 0 Å². The number of amides is 2. The molecule has 1 saturated carbocycles. The fourth-order valence-corrected chi connectivity index (χ4v) is 5.04. The minimum absolute atomic E-state index is 0.0120. The monoisotopic (exact) mass is 416 g/mol. The normalized spacial score (nSPS) is 22.8. The first-order chi connectivity index (χ1) is 13.7. The van der Waals surface area contributed by atoms with Crippen LogP contribution in [0.25, 0.3) is 0 Å². The molecular weight excluding hydrogens is 396 g/mol. The minimum atomic E-state index is -3.76. The molecular formula is C19H20N4O5S. The topological polar surface area (TPSA) is 122 Å². The smallest absolute Gasteiger partial charge is 0.321 e. The van der Waals surface area contributed by atoms with Crippen LogP contribution in [0.1, 0.15) is 5.56 Å². The maximum Gasteiger partial charge on any atom is 0.321 e. The molecule has 0 bridgehead atoms. The van der Waals surface area contributed by atoms with Crippen molar-refractivity contribution in [1.82, 2.24) is 9.62 Å². The van der Waals surface area contributed by atoms with Crippen molar-refractivity contribution in [3.63, 3.8) is 0 Å². The first kappa shape index (κ1) is 19.3. The molecule has 0 spiro atoms. The van der Waals surface area contributed by atoms with Gasteiger partial charge in [0, 0.05) is 37.0 Å². The summed E-state index contributed by atoms with van der Waals surface area (Å²) < 4.78 is 27.7. The summed E-state index contributed by atoms with van der Waals surface area (Å²) in [5.74, 6) is 0.151. The van der Waals surface area contributed by atoms with Crippen molar-refractivity contribution in [2.24, 2.45) is 11.8 Å². The summed E-state index contributed by atoms with van der Waals surface area (Å²) in [4.78, 5) is 24.2. The van der Waals surface area contributed by atoms with E-state index >= 15 is 0 Å². The Morgan fingerprint density at radius 3 is 2.21 bits per heavy atom. The molecule has 0 unspecified atom stereocenters. The first-order valence-corrected chi connectivity index (χ1v) is 10.6. The van der Waals surface area contributed by atoms with Crippen LogP contribution in [-0.2, 0) is 10.0 Å². The third kappa shape index (κ3) is 3.94. The SMILES string of the molecule is Cc1ccc(NC(=O)N2C[C@@H]3[C@H](C2)[C@H]3NS(=O)(=O)c2ccc([N+](=O)[O-])cc2)cc1. The Labute approximate surface area is 167 Å². The van der Waals surface area contributed by atoms with Crippen molar-refractivity contribution >= 4 is 27.4 Å². The molecule has 2 aromatic carbocycles. The van der Waals surface area contributed by atoms with Gasteiger partial charge in [0.15, 0.2) is 0 Å². The quantitative estimate of drug-likeness (QED) is 0.572. The molecule has 152 valence electrons. The van der Waals surface area contributed by atoms with Gasteiger partial charge in [-0.15, -0.1) is 0 Å². The van der Waals surface area contributed by atoms with Crippen LogP contribution in [0, 0.1) is 28.9 Å². The Morgan fingerprint density at radius 2 is 1.66 bits per heavy atom. The van der Waals surface area contributed by atoms with Crippen molar-refractivity contribution in [1.29, 1.82) is 0 Å². The second-order valence-corrected chi connectivity index (χ2v) is 9.14. The molecule has 2 aliphatic rings.